The van der Waals surface area contributed by atoms with E-state index in [1.165, 1.54) is 0 Å². The number of carbonyl (C=O) groups is 2. The Balaban J connectivity index is 2.02. The first-order valence-corrected chi connectivity index (χ1v) is 7.26. The maximum atomic E-state index is 11.5. The summed E-state index contributed by atoms with van der Waals surface area (Å²) < 4.78 is 5.56. The van der Waals surface area contributed by atoms with E-state index >= 15 is 0 Å². The quantitative estimate of drug-likeness (QED) is 0.650. The zero-order chi connectivity index (χ0) is 15.5. The van der Waals surface area contributed by atoms with Gasteiger partial charge in [-0.05, 0) is 43.9 Å². The molecule has 0 fully saturated rings. The summed E-state index contributed by atoms with van der Waals surface area (Å²) in [7, 11) is 0. The van der Waals surface area contributed by atoms with Crippen LogP contribution in [0, 0.1) is 6.92 Å². The molecule has 0 saturated heterocycles. The minimum absolute atomic E-state index is 0.0156. The Morgan fingerprint density at radius 2 is 2.00 bits per heavy atom. The molecule has 5 nitrogen and oxygen atoms in total. The highest BCUT2D eigenvalue weighted by molar-refractivity contribution is 5.75. The van der Waals surface area contributed by atoms with Gasteiger partial charge in [-0.1, -0.05) is 12.1 Å². The van der Waals surface area contributed by atoms with Crippen LogP contribution in [0.3, 0.4) is 0 Å². The lowest BCUT2D eigenvalue weighted by Gasteiger charge is -2.07. The summed E-state index contributed by atoms with van der Waals surface area (Å²) in [4.78, 5) is 21.8. The van der Waals surface area contributed by atoms with E-state index in [2.05, 4.69) is 5.32 Å². The largest absolute Gasteiger partial charge is 0.494 e. The molecular weight excluding hydrogens is 270 g/mol. The third-order valence-electron chi connectivity index (χ3n) is 2.95. The molecule has 1 amide bonds. The fourth-order valence-corrected chi connectivity index (χ4v) is 1.85. The Labute approximate surface area is 125 Å². The van der Waals surface area contributed by atoms with Crippen LogP contribution in [0.2, 0.25) is 0 Å². The van der Waals surface area contributed by atoms with Gasteiger partial charge in [0.2, 0.25) is 5.91 Å². The number of hydrogen-bond acceptors (Lipinski definition) is 3. The van der Waals surface area contributed by atoms with Crippen LogP contribution in [-0.2, 0) is 9.59 Å². The number of benzene rings is 1. The topological polar surface area (TPSA) is 75.6 Å². The monoisotopic (exact) mass is 293 g/mol. The van der Waals surface area contributed by atoms with Gasteiger partial charge in [0.1, 0.15) is 5.75 Å². The predicted octanol–water partition coefficient (Wildman–Crippen LogP) is 2.53. The molecule has 5 heteroatoms. The third-order valence-corrected chi connectivity index (χ3v) is 2.95. The number of carboxylic acid groups (broad SMARTS) is 1. The number of aryl methyl sites for hydroxylation is 1. The molecule has 0 spiro atoms. The summed E-state index contributed by atoms with van der Waals surface area (Å²) in [6.45, 7) is 3.05. The Kier molecular flexibility index (Phi) is 7.94. The van der Waals surface area contributed by atoms with Crippen LogP contribution < -0.4 is 10.1 Å². The number of carboxylic acids is 1. The van der Waals surface area contributed by atoms with Crippen molar-refractivity contribution in [3.63, 3.8) is 0 Å². The molecule has 2 N–H and O–H groups in total. The van der Waals surface area contributed by atoms with Crippen molar-refractivity contribution in [1.82, 2.24) is 5.32 Å². The van der Waals surface area contributed by atoms with Gasteiger partial charge in [-0.3, -0.25) is 9.59 Å². The summed E-state index contributed by atoms with van der Waals surface area (Å²) in [5, 5.41) is 11.3. The van der Waals surface area contributed by atoms with E-state index in [9.17, 15) is 9.59 Å². The second-order valence-electron chi connectivity index (χ2n) is 4.97. The maximum Gasteiger partial charge on any atom is 0.303 e. The smallest absolute Gasteiger partial charge is 0.303 e. The summed E-state index contributed by atoms with van der Waals surface area (Å²) in [5.74, 6) is 0.0110. The number of carbonyl (C=O) groups excluding carboxylic acids is 1. The van der Waals surface area contributed by atoms with Crippen LogP contribution >= 0.6 is 0 Å². The van der Waals surface area contributed by atoms with Gasteiger partial charge in [-0.25, -0.2) is 0 Å². The van der Waals surface area contributed by atoms with Crippen molar-refractivity contribution in [3.8, 4) is 5.75 Å². The first kappa shape index (κ1) is 17.0. The highest BCUT2D eigenvalue weighted by Crippen LogP contribution is 2.12. The number of rotatable bonds is 10. The number of ether oxygens (including phenoxy) is 1. The van der Waals surface area contributed by atoms with E-state index < -0.39 is 5.97 Å². The molecule has 0 aromatic heterocycles. The molecule has 1 aromatic carbocycles. The lowest BCUT2D eigenvalue weighted by Crippen LogP contribution is -2.24. The van der Waals surface area contributed by atoms with Gasteiger partial charge in [0.15, 0.2) is 0 Å². The van der Waals surface area contributed by atoms with Crippen molar-refractivity contribution in [2.45, 2.75) is 39.0 Å². The van der Waals surface area contributed by atoms with E-state index in [1.54, 1.807) is 0 Å². The van der Waals surface area contributed by atoms with Gasteiger partial charge in [0, 0.05) is 19.4 Å². The van der Waals surface area contributed by atoms with E-state index in [0.29, 0.717) is 38.8 Å². The van der Waals surface area contributed by atoms with Gasteiger partial charge in [-0.15, -0.1) is 0 Å². The van der Waals surface area contributed by atoms with Crippen LogP contribution in [0.25, 0.3) is 0 Å². The van der Waals surface area contributed by atoms with Crippen molar-refractivity contribution in [2.75, 3.05) is 13.2 Å². The van der Waals surface area contributed by atoms with E-state index in [0.717, 1.165) is 11.3 Å². The molecule has 0 heterocycles. The van der Waals surface area contributed by atoms with Crippen LogP contribution in [0.4, 0.5) is 0 Å². The molecule has 0 bridgehead atoms. The van der Waals surface area contributed by atoms with Crippen molar-refractivity contribution in [2.24, 2.45) is 0 Å². The van der Waals surface area contributed by atoms with Crippen molar-refractivity contribution in [1.29, 1.82) is 0 Å². The first-order chi connectivity index (χ1) is 10.1. The van der Waals surface area contributed by atoms with E-state index in [-0.39, 0.29) is 12.3 Å². The highest BCUT2D eigenvalue weighted by atomic mass is 16.5. The molecule has 0 radical (unpaired) electrons. The summed E-state index contributed by atoms with van der Waals surface area (Å²) in [6, 6.07) is 7.80. The fourth-order valence-electron chi connectivity index (χ4n) is 1.85. The van der Waals surface area contributed by atoms with Crippen LogP contribution in [0.1, 0.15) is 37.7 Å². The summed E-state index contributed by atoms with van der Waals surface area (Å²) in [5.41, 5.74) is 1.15. The molecule has 0 unspecified atom stereocenters. The zero-order valence-electron chi connectivity index (χ0n) is 12.4. The lowest BCUT2D eigenvalue weighted by molar-refractivity contribution is -0.137. The number of hydrogen-bond donors (Lipinski definition) is 2. The predicted molar refractivity (Wildman–Crippen MR) is 80.4 cm³/mol. The second-order valence-corrected chi connectivity index (χ2v) is 4.97. The summed E-state index contributed by atoms with van der Waals surface area (Å²) in [6.07, 6.45) is 2.52. The Hall–Kier alpha value is -2.04. The maximum absolute atomic E-state index is 11.5. The molecular formula is C16H23NO4. The number of aliphatic carboxylic acids is 1. The average molecular weight is 293 g/mol. The molecule has 0 aliphatic carbocycles. The van der Waals surface area contributed by atoms with Crippen LogP contribution in [0.5, 0.6) is 5.75 Å². The Bertz CT molecular complexity index is 459. The minimum atomic E-state index is -0.797. The number of amides is 1. The molecule has 116 valence electrons. The molecule has 0 saturated carbocycles. The first-order valence-electron chi connectivity index (χ1n) is 7.26. The number of unbranched alkanes of at least 4 members (excludes halogenated alkanes) is 1. The van der Waals surface area contributed by atoms with Gasteiger partial charge in [0.25, 0.3) is 0 Å². The van der Waals surface area contributed by atoms with Crippen molar-refractivity contribution < 1.29 is 19.4 Å². The standard InChI is InChI=1S/C16H23NO4/c1-13-6-4-7-14(12-13)21-11-5-8-15(18)17-10-3-2-9-16(19)20/h4,6-7,12H,2-3,5,8-11H2,1H3,(H,17,18)(H,19,20). The fraction of sp³-hybridized carbons (Fsp3) is 0.500. The molecule has 1 aromatic rings. The van der Waals surface area contributed by atoms with Crippen LogP contribution in [-0.4, -0.2) is 30.1 Å². The van der Waals surface area contributed by atoms with E-state index in [4.69, 9.17) is 9.84 Å². The Morgan fingerprint density at radius 3 is 2.71 bits per heavy atom. The third kappa shape index (κ3) is 8.68. The number of nitrogens with one attached hydrogen (secondary N) is 1. The zero-order valence-corrected chi connectivity index (χ0v) is 12.4. The van der Waals surface area contributed by atoms with Crippen molar-refractivity contribution in [3.05, 3.63) is 29.8 Å². The summed E-state index contributed by atoms with van der Waals surface area (Å²) >= 11 is 0. The van der Waals surface area contributed by atoms with Crippen LogP contribution in [0.15, 0.2) is 24.3 Å². The lowest BCUT2D eigenvalue weighted by atomic mass is 10.2. The highest BCUT2D eigenvalue weighted by Gasteiger charge is 2.02. The van der Waals surface area contributed by atoms with Crippen molar-refractivity contribution >= 4 is 11.9 Å². The SMILES string of the molecule is Cc1cccc(OCCCC(=O)NCCCCC(=O)O)c1. The second kappa shape index (κ2) is 9.80. The molecule has 0 aliphatic heterocycles. The molecule has 0 aliphatic rings. The van der Waals surface area contributed by atoms with Gasteiger partial charge in [-0.2, -0.15) is 0 Å². The molecule has 0 atom stereocenters. The molecule has 21 heavy (non-hydrogen) atoms. The minimum Gasteiger partial charge on any atom is -0.494 e. The average Bonchev–Trinajstić information content (AvgIpc) is 2.43. The van der Waals surface area contributed by atoms with Gasteiger partial charge in [0.05, 0.1) is 6.61 Å². The van der Waals surface area contributed by atoms with Gasteiger partial charge < -0.3 is 15.2 Å². The normalized spacial score (nSPS) is 10.1. The molecule has 1 rings (SSSR count). The van der Waals surface area contributed by atoms with E-state index in [1.807, 2.05) is 31.2 Å². The van der Waals surface area contributed by atoms with Gasteiger partial charge >= 0.3 is 5.97 Å². The Morgan fingerprint density at radius 1 is 1.19 bits per heavy atom.